The normalized spacial score (nSPS) is 25.2. The van der Waals surface area contributed by atoms with Gasteiger partial charge >= 0.3 is 0 Å². The van der Waals surface area contributed by atoms with E-state index in [2.05, 4.69) is 60.2 Å². The van der Waals surface area contributed by atoms with Gasteiger partial charge in [0.15, 0.2) is 5.96 Å². The highest BCUT2D eigenvalue weighted by Gasteiger charge is 2.28. The van der Waals surface area contributed by atoms with E-state index in [-0.39, 0.29) is 5.54 Å². The predicted octanol–water partition coefficient (Wildman–Crippen LogP) is -0.102. The average molecular weight is 355 g/mol. The first-order valence-electron chi connectivity index (χ1n) is 9.66. The topological polar surface area (TPSA) is 55.4 Å². The fourth-order valence-corrected chi connectivity index (χ4v) is 3.42. The van der Waals surface area contributed by atoms with Crippen LogP contribution in [0, 0.1) is 0 Å². The van der Waals surface area contributed by atoms with Gasteiger partial charge in [-0.15, -0.1) is 0 Å². The van der Waals surface area contributed by atoms with E-state index in [1.54, 1.807) is 0 Å². The summed E-state index contributed by atoms with van der Waals surface area (Å²) >= 11 is 0. The van der Waals surface area contributed by atoms with Crippen molar-refractivity contribution in [3.63, 3.8) is 0 Å². The van der Waals surface area contributed by atoms with Crippen LogP contribution in [0.4, 0.5) is 0 Å². The number of guanidine groups is 1. The number of hydrogen-bond acceptors (Lipinski definition) is 5. The van der Waals surface area contributed by atoms with E-state index >= 15 is 0 Å². The van der Waals surface area contributed by atoms with Crippen molar-refractivity contribution >= 4 is 5.96 Å². The van der Waals surface area contributed by atoms with Gasteiger partial charge in [-0.3, -0.25) is 14.8 Å². The molecule has 0 aromatic rings. The predicted molar refractivity (Wildman–Crippen MR) is 104 cm³/mol. The van der Waals surface area contributed by atoms with E-state index in [1.807, 2.05) is 0 Å². The number of hydrogen-bond donors (Lipinski definition) is 2. The zero-order chi connectivity index (χ0) is 18.3. The molecule has 0 aliphatic carbocycles. The molecular formula is C18H38N6O. The van der Waals surface area contributed by atoms with Crippen molar-refractivity contribution in [2.75, 3.05) is 79.7 Å². The largest absolute Gasteiger partial charge is 0.379 e. The van der Waals surface area contributed by atoms with Gasteiger partial charge in [-0.25, -0.2) is 0 Å². The van der Waals surface area contributed by atoms with Crippen LogP contribution in [0.25, 0.3) is 0 Å². The Bertz CT molecular complexity index is 422. The van der Waals surface area contributed by atoms with Crippen LogP contribution >= 0.6 is 0 Å². The molecule has 0 radical (unpaired) electrons. The number of rotatable bonds is 6. The quantitative estimate of drug-likeness (QED) is 0.513. The molecule has 7 nitrogen and oxygen atoms in total. The maximum Gasteiger partial charge on any atom is 0.191 e. The molecule has 1 atom stereocenters. The van der Waals surface area contributed by atoms with Crippen molar-refractivity contribution in [3.05, 3.63) is 0 Å². The molecule has 2 N–H and O–H groups in total. The van der Waals surface area contributed by atoms with Crippen molar-refractivity contribution in [1.82, 2.24) is 25.3 Å². The van der Waals surface area contributed by atoms with Crippen LogP contribution in [0.1, 0.15) is 20.8 Å². The number of ether oxygens (including phenoxy) is 1. The Morgan fingerprint density at radius 2 is 1.84 bits per heavy atom. The van der Waals surface area contributed by atoms with Crippen molar-refractivity contribution in [2.45, 2.75) is 32.4 Å². The molecule has 0 aromatic heterocycles. The van der Waals surface area contributed by atoms with Crippen LogP contribution in [0.2, 0.25) is 0 Å². The third-order valence-corrected chi connectivity index (χ3v) is 5.32. The lowest BCUT2D eigenvalue weighted by molar-refractivity contribution is -0.00684. The SMILES string of the molecule is CCNC(=NCC(C)(C)N1CCOCC1)NCC1CN(C)CCN1C. The van der Waals surface area contributed by atoms with Gasteiger partial charge in [-0.1, -0.05) is 0 Å². The minimum Gasteiger partial charge on any atom is -0.379 e. The minimum absolute atomic E-state index is 0.0496. The van der Waals surface area contributed by atoms with Crippen LogP contribution < -0.4 is 10.6 Å². The maximum atomic E-state index is 5.47. The van der Waals surface area contributed by atoms with Gasteiger partial charge in [-0.05, 0) is 34.9 Å². The molecule has 146 valence electrons. The Hall–Kier alpha value is -0.890. The summed E-state index contributed by atoms with van der Waals surface area (Å²) in [6.45, 7) is 16.3. The van der Waals surface area contributed by atoms with Crippen LogP contribution in [0.5, 0.6) is 0 Å². The Labute approximate surface area is 153 Å². The lowest BCUT2D eigenvalue weighted by Gasteiger charge is -2.40. The van der Waals surface area contributed by atoms with E-state index in [1.165, 1.54) is 0 Å². The number of aliphatic imine (C=N–C) groups is 1. The highest BCUT2D eigenvalue weighted by Crippen LogP contribution is 2.16. The second-order valence-electron chi connectivity index (χ2n) is 7.88. The lowest BCUT2D eigenvalue weighted by atomic mass is 10.0. The number of piperazine rings is 1. The van der Waals surface area contributed by atoms with Gasteiger partial charge < -0.3 is 20.3 Å². The molecular weight excluding hydrogens is 316 g/mol. The zero-order valence-corrected chi connectivity index (χ0v) is 16.8. The Morgan fingerprint density at radius 1 is 1.12 bits per heavy atom. The number of morpholine rings is 1. The molecule has 0 saturated carbocycles. The average Bonchev–Trinajstić information content (AvgIpc) is 2.61. The maximum absolute atomic E-state index is 5.47. The fraction of sp³-hybridized carbons (Fsp3) is 0.944. The van der Waals surface area contributed by atoms with Crippen LogP contribution in [-0.4, -0.2) is 112 Å². The van der Waals surface area contributed by atoms with Crippen molar-refractivity contribution in [1.29, 1.82) is 0 Å². The zero-order valence-electron chi connectivity index (χ0n) is 16.8. The molecule has 2 saturated heterocycles. The highest BCUT2D eigenvalue weighted by atomic mass is 16.5. The van der Waals surface area contributed by atoms with Crippen LogP contribution in [-0.2, 0) is 4.74 Å². The van der Waals surface area contributed by atoms with Crippen molar-refractivity contribution in [2.24, 2.45) is 4.99 Å². The van der Waals surface area contributed by atoms with Gasteiger partial charge in [0, 0.05) is 57.4 Å². The molecule has 2 fully saturated rings. The third kappa shape index (κ3) is 6.40. The number of likely N-dealkylation sites (N-methyl/N-ethyl adjacent to an activating group) is 2. The van der Waals surface area contributed by atoms with Crippen molar-refractivity contribution < 1.29 is 4.74 Å². The second kappa shape index (κ2) is 9.71. The van der Waals surface area contributed by atoms with Gasteiger partial charge in [0.2, 0.25) is 0 Å². The Balaban J connectivity index is 1.88. The first kappa shape index (κ1) is 20.4. The Morgan fingerprint density at radius 3 is 2.52 bits per heavy atom. The second-order valence-corrected chi connectivity index (χ2v) is 7.88. The summed E-state index contributed by atoms with van der Waals surface area (Å²) in [7, 11) is 4.41. The molecule has 2 aliphatic heterocycles. The summed E-state index contributed by atoms with van der Waals surface area (Å²) < 4.78 is 5.47. The first-order chi connectivity index (χ1) is 11.9. The first-order valence-corrected chi connectivity index (χ1v) is 9.66. The van der Waals surface area contributed by atoms with Crippen molar-refractivity contribution in [3.8, 4) is 0 Å². The molecule has 0 spiro atoms. The summed E-state index contributed by atoms with van der Waals surface area (Å²) in [5.41, 5.74) is 0.0496. The molecule has 7 heteroatoms. The van der Waals surface area contributed by atoms with E-state index < -0.39 is 0 Å². The van der Waals surface area contributed by atoms with Gasteiger partial charge in [0.1, 0.15) is 0 Å². The molecule has 1 unspecified atom stereocenters. The van der Waals surface area contributed by atoms with E-state index in [0.717, 1.165) is 71.5 Å². The minimum atomic E-state index is 0.0496. The van der Waals surface area contributed by atoms with Crippen LogP contribution in [0.3, 0.4) is 0 Å². The Kier molecular flexibility index (Phi) is 7.93. The number of nitrogens with zero attached hydrogens (tertiary/aromatic N) is 4. The molecule has 2 heterocycles. The molecule has 2 rings (SSSR count). The van der Waals surface area contributed by atoms with E-state index in [9.17, 15) is 0 Å². The summed E-state index contributed by atoms with van der Waals surface area (Å²) in [4.78, 5) is 12.2. The van der Waals surface area contributed by atoms with E-state index in [4.69, 9.17) is 9.73 Å². The molecule has 0 amide bonds. The smallest absolute Gasteiger partial charge is 0.191 e. The van der Waals surface area contributed by atoms with Gasteiger partial charge in [0.25, 0.3) is 0 Å². The summed E-state index contributed by atoms with van der Waals surface area (Å²) in [5, 5.41) is 6.93. The van der Waals surface area contributed by atoms with Crippen LogP contribution in [0.15, 0.2) is 4.99 Å². The molecule has 2 aliphatic rings. The van der Waals surface area contributed by atoms with E-state index in [0.29, 0.717) is 6.04 Å². The molecule has 0 bridgehead atoms. The summed E-state index contributed by atoms with van der Waals surface area (Å²) in [6.07, 6.45) is 0. The van der Waals surface area contributed by atoms with Gasteiger partial charge in [-0.2, -0.15) is 0 Å². The highest BCUT2D eigenvalue weighted by molar-refractivity contribution is 5.79. The standard InChI is InChI=1S/C18H38N6O/c1-6-19-17(20-13-16-14-22(4)7-8-23(16)5)21-15-18(2,3)24-9-11-25-12-10-24/h16H,6-15H2,1-5H3,(H2,19,20,21). The monoisotopic (exact) mass is 354 g/mol. The fourth-order valence-electron chi connectivity index (χ4n) is 3.42. The van der Waals surface area contributed by atoms with Gasteiger partial charge in [0.05, 0.1) is 19.8 Å². The summed E-state index contributed by atoms with van der Waals surface area (Å²) in [6, 6.07) is 0.523. The third-order valence-electron chi connectivity index (χ3n) is 5.32. The number of nitrogens with one attached hydrogen (secondary N) is 2. The lowest BCUT2D eigenvalue weighted by Crippen LogP contribution is -2.55. The molecule has 0 aromatic carbocycles. The molecule has 25 heavy (non-hydrogen) atoms. The summed E-state index contributed by atoms with van der Waals surface area (Å²) in [5.74, 6) is 0.922.